The van der Waals surface area contributed by atoms with E-state index in [0.717, 1.165) is 15.2 Å². The van der Waals surface area contributed by atoms with Crippen LogP contribution in [0.25, 0.3) is 10.8 Å². The van der Waals surface area contributed by atoms with E-state index in [0.29, 0.717) is 35.0 Å². The van der Waals surface area contributed by atoms with Crippen LogP contribution < -0.4 is 19.6 Å². The summed E-state index contributed by atoms with van der Waals surface area (Å²) in [4.78, 5) is 25.0. The number of nitrogens with zero attached hydrogens (tertiary/aromatic N) is 1. The van der Waals surface area contributed by atoms with E-state index >= 15 is 0 Å². The number of fused-ring (bicyclic) bond motifs is 1. The maximum absolute atomic E-state index is 12.8. The van der Waals surface area contributed by atoms with Crippen molar-refractivity contribution in [2.45, 2.75) is 6.92 Å². The van der Waals surface area contributed by atoms with Crippen LogP contribution in [0.2, 0.25) is 0 Å². The number of hydrazone groups is 1. The molecule has 0 aliphatic rings. The highest BCUT2D eigenvalue weighted by Gasteiger charge is 2.14. The molecule has 1 N–H and O–H groups in total. The SMILES string of the molecule is CCOc1ccc(C(=O)Oc2ccc3ccccc3c2C=NNC(=O)COc2ccc(Br)cc2)cc1. The van der Waals surface area contributed by atoms with Gasteiger partial charge in [0, 0.05) is 10.0 Å². The van der Waals surface area contributed by atoms with E-state index < -0.39 is 11.9 Å². The predicted octanol–water partition coefficient (Wildman–Crippen LogP) is 5.75. The fourth-order valence-electron chi connectivity index (χ4n) is 3.39. The molecule has 4 aromatic carbocycles. The van der Waals surface area contributed by atoms with Crippen LogP contribution in [0.1, 0.15) is 22.8 Å². The van der Waals surface area contributed by atoms with Gasteiger partial charge in [0.05, 0.1) is 18.4 Å². The number of halogens is 1. The molecule has 0 saturated carbocycles. The third-order valence-electron chi connectivity index (χ3n) is 5.10. The lowest BCUT2D eigenvalue weighted by Crippen LogP contribution is -2.24. The third-order valence-corrected chi connectivity index (χ3v) is 5.63. The molecule has 182 valence electrons. The monoisotopic (exact) mass is 546 g/mol. The van der Waals surface area contributed by atoms with Crippen molar-refractivity contribution in [2.75, 3.05) is 13.2 Å². The Balaban J connectivity index is 1.48. The number of hydrogen-bond acceptors (Lipinski definition) is 6. The molecule has 0 unspecified atom stereocenters. The molecule has 0 radical (unpaired) electrons. The minimum atomic E-state index is -0.519. The van der Waals surface area contributed by atoms with Crippen LogP contribution in [0.15, 0.2) is 94.5 Å². The Morgan fingerprint density at radius 1 is 0.889 bits per heavy atom. The standard InChI is InChI=1S/C28H23BrN2O5/c1-2-34-22-12-7-20(8-13-22)28(33)36-26-16-9-19-5-3-4-6-24(19)25(26)17-30-31-27(32)18-35-23-14-10-21(29)11-15-23/h3-17H,2,18H2,1H3,(H,31,32). The van der Waals surface area contributed by atoms with Crippen LogP contribution in [0.3, 0.4) is 0 Å². The molecule has 0 aliphatic heterocycles. The largest absolute Gasteiger partial charge is 0.494 e. The average Bonchev–Trinajstić information content (AvgIpc) is 2.90. The Hall–Kier alpha value is -4.17. The summed E-state index contributed by atoms with van der Waals surface area (Å²) in [6.45, 7) is 2.23. The molecule has 0 saturated heterocycles. The number of carbonyl (C=O) groups excluding carboxylic acids is 2. The topological polar surface area (TPSA) is 86.2 Å². The number of nitrogens with one attached hydrogen (secondary N) is 1. The first-order valence-corrected chi connectivity index (χ1v) is 12.0. The molecule has 0 bridgehead atoms. The average molecular weight is 547 g/mol. The number of benzene rings is 4. The van der Waals surface area contributed by atoms with Gasteiger partial charge in [-0.25, -0.2) is 10.2 Å². The van der Waals surface area contributed by atoms with Crippen molar-refractivity contribution >= 4 is 44.8 Å². The molecule has 8 heteroatoms. The van der Waals surface area contributed by atoms with Crippen LogP contribution in [-0.2, 0) is 4.79 Å². The molecule has 0 atom stereocenters. The highest BCUT2D eigenvalue weighted by atomic mass is 79.9. The van der Waals surface area contributed by atoms with Gasteiger partial charge in [-0.3, -0.25) is 4.79 Å². The van der Waals surface area contributed by atoms with Crippen LogP contribution in [-0.4, -0.2) is 31.3 Å². The maximum Gasteiger partial charge on any atom is 0.343 e. The molecule has 0 aromatic heterocycles. The summed E-state index contributed by atoms with van der Waals surface area (Å²) in [6, 6.07) is 25.1. The van der Waals surface area contributed by atoms with E-state index in [-0.39, 0.29) is 6.61 Å². The van der Waals surface area contributed by atoms with E-state index in [4.69, 9.17) is 14.2 Å². The van der Waals surface area contributed by atoms with Crippen molar-refractivity contribution in [3.05, 3.63) is 101 Å². The molecular weight excluding hydrogens is 524 g/mol. The van der Waals surface area contributed by atoms with Gasteiger partial charge in [-0.1, -0.05) is 46.3 Å². The number of esters is 1. The molecule has 1 amide bonds. The minimum Gasteiger partial charge on any atom is -0.494 e. The Morgan fingerprint density at radius 2 is 1.58 bits per heavy atom. The van der Waals surface area contributed by atoms with Gasteiger partial charge in [0.25, 0.3) is 5.91 Å². The van der Waals surface area contributed by atoms with Gasteiger partial charge in [0.2, 0.25) is 0 Å². The smallest absolute Gasteiger partial charge is 0.343 e. The third kappa shape index (κ3) is 6.49. The Morgan fingerprint density at radius 3 is 2.33 bits per heavy atom. The molecule has 0 aliphatic carbocycles. The lowest BCUT2D eigenvalue weighted by Gasteiger charge is -2.11. The van der Waals surface area contributed by atoms with Crippen molar-refractivity contribution in [3.8, 4) is 17.2 Å². The summed E-state index contributed by atoms with van der Waals surface area (Å²) in [5, 5.41) is 5.82. The van der Waals surface area contributed by atoms with E-state index in [1.54, 1.807) is 42.5 Å². The number of rotatable bonds is 9. The van der Waals surface area contributed by atoms with Gasteiger partial charge >= 0.3 is 5.97 Å². The maximum atomic E-state index is 12.8. The first kappa shape index (κ1) is 24.9. The molecule has 7 nitrogen and oxygen atoms in total. The number of carbonyl (C=O) groups is 2. The lowest BCUT2D eigenvalue weighted by molar-refractivity contribution is -0.123. The first-order valence-electron chi connectivity index (χ1n) is 11.2. The van der Waals surface area contributed by atoms with Crippen molar-refractivity contribution in [1.82, 2.24) is 5.43 Å². The van der Waals surface area contributed by atoms with Gasteiger partial charge < -0.3 is 14.2 Å². The van der Waals surface area contributed by atoms with Crippen molar-refractivity contribution in [2.24, 2.45) is 5.10 Å². The molecule has 0 heterocycles. The van der Waals surface area contributed by atoms with Crippen LogP contribution in [0.4, 0.5) is 0 Å². The van der Waals surface area contributed by atoms with E-state index in [1.165, 1.54) is 6.21 Å². The van der Waals surface area contributed by atoms with Gasteiger partial charge in [-0.15, -0.1) is 0 Å². The Labute approximate surface area is 216 Å². The quantitative estimate of drug-likeness (QED) is 0.125. The van der Waals surface area contributed by atoms with Crippen LogP contribution >= 0.6 is 15.9 Å². The molecule has 4 rings (SSSR count). The number of amides is 1. The van der Waals surface area contributed by atoms with E-state index in [2.05, 4.69) is 26.5 Å². The zero-order valence-corrected chi connectivity index (χ0v) is 21.0. The van der Waals surface area contributed by atoms with Crippen molar-refractivity contribution in [1.29, 1.82) is 0 Å². The summed E-state index contributed by atoms with van der Waals surface area (Å²) in [6.07, 6.45) is 1.46. The summed E-state index contributed by atoms with van der Waals surface area (Å²) in [5.74, 6) is 0.608. The normalized spacial score (nSPS) is 10.8. The summed E-state index contributed by atoms with van der Waals surface area (Å²) < 4.78 is 17.5. The molecule has 0 spiro atoms. The van der Waals surface area contributed by atoms with Gasteiger partial charge in [-0.05, 0) is 72.3 Å². The molecule has 0 fully saturated rings. The fraction of sp³-hybridized carbons (Fsp3) is 0.107. The predicted molar refractivity (Wildman–Crippen MR) is 142 cm³/mol. The molecule has 4 aromatic rings. The summed E-state index contributed by atoms with van der Waals surface area (Å²) in [7, 11) is 0. The van der Waals surface area contributed by atoms with E-state index in [9.17, 15) is 9.59 Å². The number of ether oxygens (including phenoxy) is 3. The van der Waals surface area contributed by atoms with Crippen molar-refractivity contribution < 1.29 is 23.8 Å². The zero-order chi connectivity index (χ0) is 25.3. The highest BCUT2D eigenvalue weighted by Crippen LogP contribution is 2.27. The van der Waals surface area contributed by atoms with Crippen LogP contribution in [0.5, 0.6) is 17.2 Å². The van der Waals surface area contributed by atoms with Gasteiger partial charge in [0.15, 0.2) is 6.61 Å². The van der Waals surface area contributed by atoms with Gasteiger partial charge in [0.1, 0.15) is 17.2 Å². The second-order valence-corrected chi connectivity index (χ2v) is 8.50. The molecular formula is C28H23BrN2O5. The fourth-order valence-corrected chi connectivity index (χ4v) is 3.66. The van der Waals surface area contributed by atoms with E-state index in [1.807, 2.05) is 49.4 Å². The van der Waals surface area contributed by atoms with Gasteiger partial charge in [-0.2, -0.15) is 5.10 Å². The second-order valence-electron chi connectivity index (χ2n) is 7.58. The minimum absolute atomic E-state index is 0.200. The lowest BCUT2D eigenvalue weighted by atomic mass is 10.0. The Bertz CT molecular complexity index is 1390. The first-order chi connectivity index (χ1) is 17.5. The number of hydrogen-bond donors (Lipinski definition) is 1. The highest BCUT2D eigenvalue weighted by molar-refractivity contribution is 9.10. The van der Waals surface area contributed by atoms with Crippen LogP contribution in [0, 0.1) is 0 Å². The Kier molecular flexibility index (Phi) is 8.31. The molecule has 36 heavy (non-hydrogen) atoms. The summed E-state index contributed by atoms with van der Waals surface area (Å²) >= 11 is 3.35. The van der Waals surface area contributed by atoms with Crippen molar-refractivity contribution in [3.63, 3.8) is 0 Å². The summed E-state index contributed by atoms with van der Waals surface area (Å²) in [5.41, 5.74) is 3.39. The second kappa shape index (κ2) is 12.0. The zero-order valence-electron chi connectivity index (χ0n) is 19.4.